The van der Waals surface area contributed by atoms with Crippen LogP contribution in [0.5, 0.6) is 0 Å². The van der Waals surface area contributed by atoms with Crippen LogP contribution in [0.4, 0.5) is 5.69 Å². The second-order valence-electron chi connectivity index (χ2n) is 4.26. The van der Waals surface area contributed by atoms with Crippen LogP contribution in [0, 0.1) is 18.8 Å². The van der Waals surface area contributed by atoms with Crippen LogP contribution in [0.3, 0.4) is 0 Å². The number of benzene rings is 1. The molecule has 0 saturated carbocycles. The maximum absolute atomic E-state index is 11.9. The van der Waals surface area contributed by atoms with Crippen LogP contribution in [0.1, 0.15) is 11.1 Å². The molecule has 0 radical (unpaired) electrons. The Morgan fingerprint density at radius 1 is 1.50 bits per heavy atom. The molecule has 2 N–H and O–H groups in total. The SMILES string of the molecule is Cc1ccc(C#CCO)c(NC(=O)Cn2cccn2)c1. The number of aliphatic hydroxyl groups is 1. The summed E-state index contributed by atoms with van der Waals surface area (Å²) in [5.41, 5.74) is 2.34. The van der Waals surface area contributed by atoms with Crippen LogP contribution in [0.25, 0.3) is 0 Å². The molecule has 0 aliphatic carbocycles. The highest BCUT2D eigenvalue weighted by molar-refractivity contribution is 5.92. The van der Waals surface area contributed by atoms with Crippen LogP contribution in [-0.2, 0) is 11.3 Å². The zero-order chi connectivity index (χ0) is 14.4. The van der Waals surface area contributed by atoms with E-state index in [-0.39, 0.29) is 19.1 Å². The van der Waals surface area contributed by atoms with Crippen LogP contribution in [0.15, 0.2) is 36.7 Å². The van der Waals surface area contributed by atoms with Crippen molar-refractivity contribution in [1.29, 1.82) is 0 Å². The van der Waals surface area contributed by atoms with Crippen molar-refractivity contribution in [2.24, 2.45) is 0 Å². The van der Waals surface area contributed by atoms with Crippen molar-refractivity contribution in [1.82, 2.24) is 9.78 Å². The molecule has 5 heteroatoms. The average Bonchev–Trinajstić information content (AvgIpc) is 2.90. The summed E-state index contributed by atoms with van der Waals surface area (Å²) in [4.78, 5) is 11.9. The molecule has 0 bridgehead atoms. The smallest absolute Gasteiger partial charge is 0.246 e. The molecule has 1 heterocycles. The molecule has 0 fully saturated rings. The van der Waals surface area contributed by atoms with Crippen LogP contribution < -0.4 is 5.32 Å². The minimum atomic E-state index is -0.214. The van der Waals surface area contributed by atoms with E-state index in [4.69, 9.17) is 5.11 Å². The quantitative estimate of drug-likeness (QED) is 0.822. The number of aliphatic hydroxyl groups excluding tert-OH is 1. The fourth-order valence-corrected chi connectivity index (χ4v) is 1.74. The summed E-state index contributed by atoms with van der Waals surface area (Å²) in [6, 6.07) is 7.34. The topological polar surface area (TPSA) is 67.2 Å². The van der Waals surface area contributed by atoms with Gasteiger partial charge in [-0.15, -0.1) is 0 Å². The van der Waals surface area contributed by atoms with Crippen molar-refractivity contribution in [3.8, 4) is 11.8 Å². The Kier molecular flexibility index (Phi) is 4.53. The number of anilines is 1. The number of aryl methyl sites for hydroxylation is 1. The molecule has 2 rings (SSSR count). The van der Waals surface area contributed by atoms with Crippen molar-refractivity contribution >= 4 is 11.6 Å². The molecule has 2 aromatic rings. The van der Waals surface area contributed by atoms with Gasteiger partial charge in [0.25, 0.3) is 0 Å². The maximum atomic E-state index is 11.9. The predicted octanol–water partition coefficient (Wildman–Crippen LogP) is 1.17. The fraction of sp³-hybridized carbons (Fsp3) is 0.200. The fourth-order valence-electron chi connectivity index (χ4n) is 1.74. The maximum Gasteiger partial charge on any atom is 0.246 e. The van der Waals surface area contributed by atoms with Gasteiger partial charge in [-0.1, -0.05) is 17.9 Å². The van der Waals surface area contributed by atoms with Gasteiger partial charge < -0.3 is 10.4 Å². The number of nitrogens with one attached hydrogen (secondary N) is 1. The van der Waals surface area contributed by atoms with Gasteiger partial charge in [0.15, 0.2) is 0 Å². The van der Waals surface area contributed by atoms with Crippen molar-refractivity contribution in [2.45, 2.75) is 13.5 Å². The van der Waals surface area contributed by atoms with E-state index in [2.05, 4.69) is 22.3 Å². The third kappa shape index (κ3) is 3.70. The highest BCUT2D eigenvalue weighted by atomic mass is 16.2. The molecule has 20 heavy (non-hydrogen) atoms. The number of carbonyl (C=O) groups excluding carboxylic acids is 1. The molecule has 5 nitrogen and oxygen atoms in total. The normalized spacial score (nSPS) is 9.70. The molecule has 0 unspecified atom stereocenters. The summed E-state index contributed by atoms with van der Waals surface area (Å²) in [5, 5.41) is 15.6. The Morgan fingerprint density at radius 2 is 2.35 bits per heavy atom. The van der Waals surface area contributed by atoms with E-state index in [0.29, 0.717) is 11.3 Å². The van der Waals surface area contributed by atoms with E-state index in [9.17, 15) is 4.79 Å². The summed E-state index contributed by atoms with van der Waals surface area (Å²) < 4.78 is 1.55. The van der Waals surface area contributed by atoms with E-state index in [0.717, 1.165) is 5.56 Å². The number of hydrogen-bond acceptors (Lipinski definition) is 3. The summed E-state index contributed by atoms with van der Waals surface area (Å²) in [5.74, 6) is 5.22. The van der Waals surface area contributed by atoms with Gasteiger partial charge in [-0.2, -0.15) is 5.10 Å². The number of rotatable bonds is 3. The zero-order valence-electron chi connectivity index (χ0n) is 11.1. The second-order valence-corrected chi connectivity index (χ2v) is 4.26. The molecular weight excluding hydrogens is 254 g/mol. The van der Waals surface area contributed by atoms with Gasteiger partial charge in [0.1, 0.15) is 13.2 Å². The molecule has 102 valence electrons. The van der Waals surface area contributed by atoms with Gasteiger partial charge in [-0.25, -0.2) is 0 Å². The Balaban J connectivity index is 2.15. The van der Waals surface area contributed by atoms with Gasteiger partial charge >= 0.3 is 0 Å². The van der Waals surface area contributed by atoms with E-state index >= 15 is 0 Å². The standard InChI is InChI=1S/C15H15N3O2/c1-12-5-6-13(4-2-9-19)14(10-12)17-15(20)11-18-8-3-7-16-18/h3,5-8,10,19H,9,11H2,1H3,(H,17,20). The van der Waals surface area contributed by atoms with Crippen molar-refractivity contribution < 1.29 is 9.90 Å². The van der Waals surface area contributed by atoms with Crippen LogP contribution in [-0.4, -0.2) is 27.4 Å². The number of aromatic nitrogens is 2. The summed E-state index contributed by atoms with van der Waals surface area (Å²) in [6.07, 6.45) is 3.35. The van der Waals surface area contributed by atoms with Gasteiger partial charge in [0.05, 0.1) is 5.69 Å². The van der Waals surface area contributed by atoms with Crippen LogP contribution in [0.2, 0.25) is 0 Å². The minimum Gasteiger partial charge on any atom is -0.384 e. The lowest BCUT2D eigenvalue weighted by Crippen LogP contribution is -2.19. The molecular formula is C15H15N3O2. The zero-order valence-corrected chi connectivity index (χ0v) is 11.1. The lowest BCUT2D eigenvalue weighted by Gasteiger charge is -2.08. The minimum absolute atomic E-state index is 0.147. The molecule has 1 aromatic carbocycles. The lowest BCUT2D eigenvalue weighted by atomic mass is 10.1. The second kappa shape index (κ2) is 6.55. The first-order chi connectivity index (χ1) is 9.69. The Labute approximate surface area is 117 Å². The third-order valence-electron chi connectivity index (χ3n) is 2.62. The summed E-state index contributed by atoms with van der Waals surface area (Å²) in [6.45, 7) is 1.87. The Hall–Kier alpha value is -2.58. The number of carbonyl (C=O) groups is 1. The molecule has 0 aliphatic rings. The number of nitrogens with zero attached hydrogens (tertiary/aromatic N) is 2. The molecule has 0 aliphatic heterocycles. The van der Waals surface area contributed by atoms with Crippen molar-refractivity contribution in [3.05, 3.63) is 47.8 Å². The molecule has 0 atom stereocenters. The molecule has 1 aromatic heterocycles. The van der Waals surface area contributed by atoms with Crippen LogP contribution >= 0.6 is 0 Å². The first-order valence-electron chi connectivity index (χ1n) is 6.16. The predicted molar refractivity (Wildman–Crippen MR) is 76.0 cm³/mol. The molecule has 1 amide bonds. The Morgan fingerprint density at radius 3 is 3.05 bits per heavy atom. The number of amides is 1. The largest absolute Gasteiger partial charge is 0.384 e. The highest BCUT2D eigenvalue weighted by Crippen LogP contribution is 2.16. The Bertz CT molecular complexity index is 651. The summed E-state index contributed by atoms with van der Waals surface area (Å²) in [7, 11) is 0. The van der Waals surface area contributed by atoms with Gasteiger partial charge in [0, 0.05) is 18.0 Å². The van der Waals surface area contributed by atoms with E-state index in [1.165, 1.54) is 0 Å². The summed E-state index contributed by atoms with van der Waals surface area (Å²) >= 11 is 0. The average molecular weight is 269 g/mol. The highest BCUT2D eigenvalue weighted by Gasteiger charge is 2.07. The first-order valence-corrected chi connectivity index (χ1v) is 6.16. The monoisotopic (exact) mass is 269 g/mol. The van der Waals surface area contributed by atoms with Gasteiger partial charge in [-0.3, -0.25) is 9.48 Å². The third-order valence-corrected chi connectivity index (χ3v) is 2.62. The lowest BCUT2D eigenvalue weighted by molar-refractivity contribution is -0.116. The van der Waals surface area contributed by atoms with Gasteiger partial charge in [-0.05, 0) is 30.7 Å². The number of hydrogen-bond donors (Lipinski definition) is 2. The van der Waals surface area contributed by atoms with Crippen molar-refractivity contribution in [3.63, 3.8) is 0 Å². The van der Waals surface area contributed by atoms with Crippen molar-refractivity contribution in [2.75, 3.05) is 11.9 Å². The van der Waals surface area contributed by atoms with E-state index in [1.807, 2.05) is 25.1 Å². The van der Waals surface area contributed by atoms with E-state index in [1.54, 1.807) is 23.1 Å². The van der Waals surface area contributed by atoms with E-state index < -0.39 is 0 Å². The molecule has 0 spiro atoms. The van der Waals surface area contributed by atoms with Gasteiger partial charge in [0.2, 0.25) is 5.91 Å². The molecule has 0 saturated heterocycles. The first kappa shape index (κ1) is 13.8.